The fraction of sp³-hybridized carbons (Fsp3) is 0.462. The minimum atomic E-state index is 0.510. The third-order valence-corrected chi connectivity index (χ3v) is 2.74. The van der Waals surface area contributed by atoms with Crippen molar-refractivity contribution in [2.45, 2.75) is 33.4 Å². The number of aldehydes is 1. The molecule has 1 N–H and O–H groups in total. The minimum absolute atomic E-state index is 0.510. The molecule has 0 spiro atoms. The van der Waals surface area contributed by atoms with E-state index in [0.29, 0.717) is 12.0 Å². The summed E-state index contributed by atoms with van der Waals surface area (Å²) in [7, 11) is 0. The molecule has 0 aliphatic rings. The highest BCUT2D eigenvalue weighted by molar-refractivity contribution is 5.74. The van der Waals surface area contributed by atoms with E-state index in [4.69, 9.17) is 0 Å². The van der Waals surface area contributed by atoms with Crippen LogP contribution in [-0.4, -0.2) is 12.3 Å². The van der Waals surface area contributed by atoms with Crippen LogP contribution in [0.25, 0.3) is 0 Å². The molecule has 0 saturated carbocycles. The summed E-state index contributed by atoms with van der Waals surface area (Å²) < 4.78 is 0. The van der Waals surface area contributed by atoms with Gasteiger partial charge >= 0.3 is 0 Å². The number of hydrogen-bond donors (Lipinski definition) is 1. The van der Waals surface area contributed by atoms with Gasteiger partial charge in [0.15, 0.2) is 0 Å². The SMILES string of the molecule is CC(C)[C@H](C)NCc1ccc(C=O)cc1. The Labute approximate surface area is 91.7 Å². The van der Waals surface area contributed by atoms with Crippen LogP contribution in [0.2, 0.25) is 0 Å². The van der Waals surface area contributed by atoms with Crippen molar-refractivity contribution < 1.29 is 4.79 Å². The molecule has 0 aromatic heterocycles. The molecule has 15 heavy (non-hydrogen) atoms. The first-order valence-electron chi connectivity index (χ1n) is 5.41. The molecule has 0 aliphatic carbocycles. The number of benzene rings is 1. The molecule has 1 aromatic rings. The first-order valence-corrected chi connectivity index (χ1v) is 5.41. The van der Waals surface area contributed by atoms with Gasteiger partial charge < -0.3 is 5.32 Å². The van der Waals surface area contributed by atoms with Gasteiger partial charge in [-0.15, -0.1) is 0 Å². The van der Waals surface area contributed by atoms with E-state index in [1.165, 1.54) is 5.56 Å². The Morgan fingerprint density at radius 2 is 1.80 bits per heavy atom. The van der Waals surface area contributed by atoms with Crippen molar-refractivity contribution in [3.8, 4) is 0 Å². The number of rotatable bonds is 5. The molecule has 0 aliphatic heterocycles. The Balaban J connectivity index is 2.47. The number of carbonyl (C=O) groups excluding carboxylic acids is 1. The van der Waals surface area contributed by atoms with E-state index < -0.39 is 0 Å². The molecule has 82 valence electrons. The number of nitrogens with one attached hydrogen (secondary N) is 1. The van der Waals surface area contributed by atoms with Gasteiger partial charge in [-0.2, -0.15) is 0 Å². The zero-order chi connectivity index (χ0) is 11.3. The number of hydrogen-bond acceptors (Lipinski definition) is 2. The Bertz CT molecular complexity index is 303. The molecule has 0 unspecified atom stereocenters. The molecule has 0 heterocycles. The van der Waals surface area contributed by atoms with E-state index in [2.05, 4.69) is 26.1 Å². The van der Waals surface area contributed by atoms with Crippen LogP contribution in [0.3, 0.4) is 0 Å². The van der Waals surface area contributed by atoms with E-state index >= 15 is 0 Å². The van der Waals surface area contributed by atoms with Crippen LogP contribution in [0.5, 0.6) is 0 Å². The maximum Gasteiger partial charge on any atom is 0.150 e. The van der Waals surface area contributed by atoms with E-state index in [9.17, 15) is 4.79 Å². The lowest BCUT2D eigenvalue weighted by atomic mass is 10.1. The van der Waals surface area contributed by atoms with Crippen LogP contribution in [-0.2, 0) is 6.54 Å². The van der Waals surface area contributed by atoms with Gasteiger partial charge in [0.25, 0.3) is 0 Å². The molecule has 1 aromatic carbocycles. The fourth-order valence-electron chi connectivity index (χ4n) is 1.23. The van der Waals surface area contributed by atoms with Gasteiger partial charge in [0.2, 0.25) is 0 Å². The first-order chi connectivity index (χ1) is 7.13. The zero-order valence-corrected chi connectivity index (χ0v) is 9.66. The summed E-state index contributed by atoms with van der Waals surface area (Å²) in [6, 6.07) is 8.19. The second-order valence-corrected chi connectivity index (χ2v) is 4.27. The Kier molecular flexibility index (Phi) is 4.50. The highest BCUT2D eigenvalue weighted by atomic mass is 16.1. The molecule has 2 heteroatoms. The van der Waals surface area contributed by atoms with Crippen LogP contribution in [0.4, 0.5) is 0 Å². The third-order valence-electron chi connectivity index (χ3n) is 2.74. The molecule has 2 nitrogen and oxygen atoms in total. The van der Waals surface area contributed by atoms with Crippen molar-refractivity contribution >= 4 is 6.29 Å². The van der Waals surface area contributed by atoms with Crippen LogP contribution in [0.1, 0.15) is 36.7 Å². The summed E-state index contributed by atoms with van der Waals surface area (Å²) in [5, 5.41) is 3.45. The standard InChI is InChI=1S/C13H19NO/c1-10(2)11(3)14-8-12-4-6-13(9-15)7-5-12/h4-7,9-11,14H,8H2,1-3H3/t11-/m0/s1. The average Bonchev–Trinajstić information content (AvgIpc) is 2.26. The van der Waals surface area contributed by atoms with E-state index in [1.54, 1.807) is 0 Å². The quantitative estimate of drug-likeness (QED) is 0.749. The topological polar surface area (TPSA) is 29.1 Å². The van der Waals surface area contributed by atoms with Crippen molar-refractivity contribution in [1.29, 1.82) is 0 Å². The molecule has 0 bridgehead atoms. The molecule has 1 atom stereocenters. The summed E-state index contributed by atoms with van der Waals surface area (Å²) >= 11 is 0. The number of carbonyl (C=O) groups is 1. The molecule has 0 amide bonds. The Morgan fingerprint density at radius 3 is 2.27 bits per heavy atom. The predicted molar refractivity (Wildman–Crippen MR) is 63.0 cm³/mol. The second-order valence-electron chi connectivity index (χ2n) is 4.27. The van der Waals surface area contributed by atoms with Crippen LogP contribution in [0, 0.1) is 5.92 Å². The smallest absolute Gasteiger partial charge is 0.150 e. The lowest BCUT2D eigenvalue weighted by molar-refractivity contribution is 0.112. The maximum atomic E-state index is 10.5. The highest BCUT2D eigenvalue weighted by Crippen LogP contribution is 2.05. The van der Waals surface area contributed by atoms with Gasteiger partial charge in [0.1, 0.15) is 6.29 Å². The van der Waals surface area contributed by atoms with Gasteiger partial charge in [0, 0.05) is 18.2 Å². The molecular weight excluding hydrogens is 186 g/mol. The van der Waals surface area contributed by atoms with Crippen molar-refractivity contribution in [3.63, 3.8) is 0 Å². The summed E-state index contributed by atoms with van der Waals surface area (Å²) in [4.78, 5) is 10.5. The molecular formula is C13H19NO. The van der Waals surface area contributed by atoms with Gasteiger partial charge in [-0.3, -0.25) is 4.79 Å². The van der Waals surface area contributed by atoms with Gasteiger partial charge in [-0.1, -0.05) is 38.1 Å². The summed E-state index contributed by atoms with van der Waals surface area (Å²) in [5.41, 5.74) is 1.95. The van der Waals surface area contributed by atoms with Crippen molar-refractivity contribution in [2.24, 2.45) is 5.92 Å². The zero-order valence-electron chi connectivity index (χ0n) is 9.66. The molecule has 1 rings (SSSR count). The van der Waals surface area contributed by atoms with Gasteiger partial charge in [0.05, 0.1) is 0 Å². The summed E-state index contributed by atoms with van der Waals surface area (Å²) in [5.74, 6) is 0.638. The minimum Gasteiger partial charge on any atom is -0.310 e. The largest absolute Gasteiger partial charge is 0.310 e. The van der Waals surface area contributed by atoms with Crippen LogP contribution >= 0.6 is 0 Å². The lowest BCUT2D eigenvalue weighted by Crippen LogP contribution is -2.30. The molecule has 0 saturated heterocycles. The van der Waals surface area contributed by atoms with Gasteiger partial charge in [-0.05, 0) is 18.4 Å². The summed E-state index contributed by atoms with van der Waals surface area (Å²) in [6.45, 7) is 7.45. The van der Waals surface area contributed by atoms with Crippen molar-refractivity contribution in [1.82, 2.24) is 5.32 Å². The van der Waals surface area contributed by atoms with E-state index in [0.717, 1.165) is 18.4 Å². The maximum absolute atomic E-state index is 10.5. The monoisotopic (exact) mass is 205 g/mol. The molecule has 0 fully saturated rings. The summed E-state index contributed by atoms with van der Waals surface area (Å²) in [6.07, 6.45) is 0.869. The Morgan fingerprint density at radius 1 is 1.20 bits per heavy atom. The van der Waals surface area contributed by atoms with E-state index in [1.807, 2.05) is 24.3 Å². The average molecular weight is 205 g/mol. The van der Waals surface area contributed by atoms with Crippen molar-refractivity contribution in [3.05, 3.63) is 35.4 Å². The predicted octanol–water partition coefficient (Wildman–Crippen LogP) is 2.63. The molecule has 0 radical (unpaired) electrons. The normalized spacial score (nSPS) is 12.8. The fourth-order valence-corrected chi connectivity index (χ4v) is 1.23. The van der Waals surface area contributed by atoms with Crippen LogP contribution in [0.15, 0.2) is 24.3 Å². The Hall–Kier alpha value is -1.15. The van der Waals surface area contributed by atoms with Crippen molar-refractivity contribution in [2.75, 3.05) is 0 Å². The van der Waals surface area contributed by atoms with Crippen LogP contribution < -0.4 is 5.32 Å². The lowest BCUT2D eigenvalue weighted by Gasteiger charge is -2.17. The highest BCUT2D eigenvalue weighted by Gasteiger charge is 2.05. The first kappa shape index (κ1) is 11.9. The van der Waals surface area contributed by atoms with Gasteiger partial charge in [-0.25, -0.2) is 0 Å². The second kappa shape index (κ2) is 5.66. The van der Waals surface area contributed by atoms with E-state index in [-0.39, 0.29) is 0 Å². The third kappa shape index (κ3) is 3.84.